The van der Waals surface area contributed by atoms with Crippen LogP contribution >= 0.6 is 15.9 Å². The van der Waals surface area contributed by atoms with Crippen LogP contribution in [-0.4, -0.2) is 41.6 Å². The van der Waals surface area contributed by atoms with Gasteiger partial charge in [-0.2, -0.15) is 0 Å². The molecule has 2 aromatic rings. The standard InChI is InChI=1S/C19H23BrN4O2/c20-16-5-1-2-6-17(16)26-14-3-7-18(25)23-15-8-12-24(13-9-15)19-21-10-4-11-22-19/h1-2,4-6,10-11,15H,3,7-9,12-14H2,(H,23,25). The summed E-state index contributed by atoms with van der Waals surface area (Å²) in [5.74, 6) is 1.67. The third-order valence-electron chi connectivity index (χ3n) is 4.34. The molecule has 26 heavy (non-hydrogen) atoms. The predicted octanol–water partition coefficient (Wildman–Crippen LogP) is 3.18. The summed E-state index contributed by atoms with van der Waals surface area (Å²) in [6, 6.07) is 9.77. The van der Waals surface area contributed by atoms with Crippen LogP contribution in [0.1, 0.15) is 25.7 Å². The van der Waals surface area contributed by atoms with Gasteiger partial charge in [0.05, 0.1) is 11.1 Å². The number of carbonyl (C=O) groups excluding carboxylic acids is 1. The number of rotatable bonds is 7. The van der Waals surface area contributed by atoms with Gasteiger partial charge in [0.25, 0.3) is 0 Å². The highest BCUT2D eigenvalue weighted by Crippen LogP contribution is 2.23. The maximum absolute atomic E-state index is 12.1. The molecule has 3 rings (SSSR count). The normalized spacial score (nSPS) is 14.9. The van der Waals surface area contributed by atoms with Crippen LogP contribution in [0.25, 0.3) is 0 Å². The van der Waals surface area contributed by atoms with E-state index in [1.54, 1.807) is 12.4 Å². The number of amides is 1. The van der Waals surface area contributed by atoms with Gasteiger partial charge in [-0.1, -0.05) is 12.1 Å². The quantitative estimate of drug-likeness (QED) is 0.699. The molecule has 1 N–H and O–H groups in total. The van der Waals surface area contributed by atoms with Crippen molar-refractivity contribution in [2.24, 2.45) is 0 Å². The van der Waals surface area contributed by atoms with Gasteiger partial charge >= 0.3 is 0 Å². The van der Waals surface area contributed by atoms with Crippen molar-refractivity contribution < 1.29 is 9.53 Å². The van der Waals surface area contributed by atoms with Gasteiger partial charge in [-0.15, -0.1) is 0 Å². The lowest BCUT2D eigenvalue weighted by Gasteiger charge is -2.32. The number of anilines is 1. The third-order valence-corrected chi connectivity index (χ3v) is 4.99. The second-order valence-corrected chi connectivity index (χ2v) is 7.11. The molecule has 1 saturated heterocycles. The largest absolute Gasteiger partial charge is 0.492 e. The molecular formula is C19H23BrN4O2. The SMILES string of the molecule is O=C(CCCOc1ccccc1Br)NC1CCN(c2ncccn2)CC1. The molecule has 1 fully saturated rings. The van der Waals surface area contributed by atoms with Gasteiger partial charge < -0.3 is 15.0 Å². The molecular weight excluding hydrogens is 396 g/mol. The lowest BCUT2D eigenvalue weighted by molar-refractivity contribution is -0.122. The summed E-state index contributed by atoms with van der Waals surface area (Å²) in [5.41, 5.74) is 0. The van der Waals surface area contributed by atoms with Crippen LogP contribution in [-0.2, 0) is 4.79 Å². The van der Waals surface area contributed by atoms with Crippen molar-refractivity contribution in [3.63, 3.8) is 0 Å². The molecule has 1 aliphatic heterocycles. The first-order valence-electron chi connectivity index (χ1n) is 8.91. The van der Waals surface area contributed by atoms with E-state index in [1.807, 2.05) is 30.3 Å². The molecule has 1 amide bonds. The zero-order valence-electron chi connectivity index (χ0n) is 14.6. The maximum atomic E-state index is 12.1. The van der Waals surface area contributed by atoms with Crippen LogP contribution in [0.5, 0.6) is 5.75 Å². The average molecular weight is 419 g/mol. The first-order chi connectivity index (χ1) is 12.7. The van der Waals surface area contributed by atoms with E-state index in [2.05, 4.69) is 36.1 Å². The second-order valence-electron chi connectivity index (χ2n) is 6.26. The molecule has 1 aromatic heterocycles. The molecule has 0 saturated carbocycles. The number of para-hydroxylation sites is 1. The third kappa shape index (κ3) is 5.42. The molecule has 6 nitrogen and oxygen atoms in total. The van der Waals surface area contributed by atoms with Crippen molar-refractivity contribution in [1.82, 2.24) is 15.3 Å². The van der Waals surface area contributed by atoms with Gasteiger partial charge in [-0.25, -0.2) is 9.97 Å². The summed E-state index contributed by atoms with van der Waals surface area (Å²) in [6.45, 7) is 2.25. The van der Waals surface area contributed by atoms with Gasteiger partial charge in [0.15, 0.2) is 0 Å². The van der Waals surface area contributed by atoms with E-state index in [4.69, 9.17) is 4.74 Å². The van der Waals surface area contributed by atoms with Gasteiger partial charge in [-0.3, -0.25) is 4.79 Å². The number of nitrogens with one attached hydrogen (secondary N) is 1. The Balaban J connectivity index is 1.32. The minimum Gasteiger partial charge on any atom is -0.492 e. The summed E-state index contributed by atoms with van der Waals surface area (Å²) in [5, 5.41) is 3.13. The molecule has 0 aliphatic carbocycles. The van der Waals surface area contributed by atoms with Crippen molar-refractivity contribution in [3.8, 4) is 5.75 Å². The Morgan fingerprint density at radius 2 is 1.92 bits per heavy atom. The van der Waals surface area contributed by atoms with Crippen molar-refractivity contribution in [1.29, 1.82) is 0 Å². The number of hydrogen-bond donors (Lipinski definition) is 1. The van der Waals surface area contributed by atoms with E-state index in [9.17, 15) is 4.79 Å². The van der Waals surface area contributed by atoms with Crippen LogP contribution in [0.3, 0.4) is 0 Å². The van der Waals surface area contributed by atoms with Gasteiger partial charge in [0.1, 0.15) is 5.75 Å². The van der Waals surface area contributed by atoms with Gasteiger partial charge in [-0.05, 0) is 53.4 Å². The summed E-state index contributed by atoms with van der Waals surface area (Å²) >= 11 is 3.45. The zero-order chi connectivity index (χ0) is 18.2. The predicted molar refractivity (Wildman–Crippen MR) is 104 cm³/mol. The van der Waals surface area contributed by atoms with Crippen LogP contribution in [0.15, 0.2) is 47.2 Å². The monoisotopic (exact) mass is 418 g/mol. The summed E-state index contributed by atoms with van der Waals surface area (Å²) in [7, 11) is 0. The topological polar surface area (TPSA) is 67.3 Å². The lowest BCUT2D eigenvalue weighted by atomic mass is 10.1. The highest BCUT2D eigenvalue weighted by Gasteiger charge is 2.21. The highest BCUT2D eigenvalue weighted by atomic mass is 79.9. The minimum absolute atomic E-state index is 0.0927. The van der Waals surface area contributed by atoms with Crippen LogP contribution < -0.4 is 15.0 Å². The Bertz CT molecular complexity index is 706. The zero-order valence-corrected chi connectivity index (χ0v) is 16.2. The Labute approximate surface area is 162 Å². The number of nitrogens with zero attached hydrogens (tertiary/aromatic N) is 3. The fourth-order valence-corrected chi connectivity index (χ4v) is 3.35. The molecule has 2 heterocycles. The summed E-state index contributed by atoms with van der Waals surface area (Å²) in [6.07, 6.45) is 6.52. The maximum Gasteiger partial charge on any atom is 0.225 e. The van der Waals surface area contributed by atoms with E-state index in [1.165, 1.54) is 0 Å². The van der Waals surface area contributed by atoms with Crippen LogP contribution in [0, 0.1) is 0 Å². The van der Waals surface area contributed by atoms with E-state index >= 15 is 0 Å². The smallest absolute Gasteiger partial charge is 0.225 e. The van der Waals surface area contributed by atoms with Gasteiger partial charge in [0, 0.05) is 37.9 Å². The number of hydrogen-bond acceptors (Lipinski definition) is 5. The molecule has 0 bridgehead atoms. The molecule has 0 spiro atoms. The van der Waals surface area contributed by atoms with E-state index < -0.39 is 0 Å². The molecule has 1 aliphatic rings. The Morgan fingerprint density at radius 1 is 1.19 bits per heavy atom. The number of halogens is 1. The van der Waals surface area contributed by atoms with E-state index in [-0.39, 0.29) is 11.9 Å². The van der Waals surface area contributed by atoms with Crippen LogP contribution in [0.4, 0.5) is 5.95 Å². The number of carbonyl (C=O) groups is 1. The lowest BCUT2D eigenvalue weighted by Crippen LogP contribution is -2.45. The minimum atomic E-state index is 0.0927. The first kappa shape index (κ1) is 18.6. The fraction of sp³-hybridized carbons (Fsp3) is 0.421. The number of ether oxygens (including phenoxy) is 1. The summed E-state index contributed by atoms with van der Waals surface area (Å²) < 4.78 is 6.62. The number of aromatic nitrogens is 2. The van der Waals surface area contributed by atoms with E-state index in [0.29, 0.717) is 19.4 Å². The van der Waals surface area contributed by atoms with Crippen molar-refractivity contribution >= 4 is 27.8 Å². The van der Waals surface area contributed by atoms with Crippen molar-refractivity contribution in [2.45, 2.75) is 31.7 Å². The van der Waals surface area contributed by atoms with Crippen molar-refractivity contribution in [3.05, 3.63) is 47.2 Å². The first-order valence-corrected chi connectivity index (χ1v) is 9.70. The van der Waals surface area contributed by atoms with Crippen molar-refractivity contribution in [2.75, 3.05) is 24.6 Å². The Hall–Kier alpha value is -2.15. The number of benzene rings is 1. The molecule has 0 unspecified atom stereocenters. The molecule has 0 atom stereocenters. The van der Waals surface area contributed by atoms with E-state index in [0.717, 1.165) is 42.1 Å². The molecule has 7 heteroatoms. The number of piperidine rings is 1. The van der Waals surface area contributed by atoms with Gasteiger partial charge in [0.2, 0.25) is 11.9 Å². The molecule has 0 radical (unpaired) electrons. The fourth-order valence-electron chi connectivity index (χ4n) is 2.95. The highest BCUT2D eigenvalue weighted by molar-refractivity contribution is 9.10. The molecule has 138 valence electrons. The average Bonchev–Trinajstić information content (AvgIpc) is 2.68. The second kappa shape index (κ2) is 9.52. The van der Waals surface area contributed by atoms with Crippen LogP contribution in [0.2, 0.25) is 0 Å². The molecule has 1 aromatic carbocycles. The Morgan fingerprint density at radius 3 is 2.65 bits per heavy atom. The Kier molecular flexibility index (Phi) is 6.82. The summed E-state index contributed by atoms with van der Waals surface area (Å²) in [4.78, 5) is 22.8.